The summed E-state index contributed by atoms with van der Waals surface area (Å²) < 4.78 is 26.6. The summed E-state index contributed by atoms with van der Waals surface area (Å²) in [6.07, 6.45) is 0. The van der Waals surface area contributed by atoms with Crippen LogP contribution in [-0.4, -0.2) is 0 Å². The maximum atomic E-state index is 13.6. The molecule has 1 N–H and O–H groups in total. The van der Waals surface area contributed by atoms with Crippen molar-refractivity contribution in [3.8, 4) is 0 Å². The van der Waals surface area contributed by atoms with Gasteiger partial charge in [0.05, 0.1) is 5.69 Å². The second kappa shape index (κ2) is 5.36. The van der Waals surface area contributed by atoms with Crippen LogP contribution in [0.4, 0.5) is 14.5 Å². The van der Waals surface area contributed by atoms with E-state index in [1.807, 2.05) is 6.92 Å². The minimum atomic E-state index is -0.361. The molecule has 0 radical (unpaired) electrons. The van der Waals surface area contributed by atoms with Gasteiger partial charge in [-0.05, 0) is 48.4 Å². The van der Waals surface area contributed by atoms with E-state index in [0.717, 1.165) is 5.56 Å². The lowest BCUT2D eigenvalue weighted by Crippen LogP contribution is -2.02. The van der Waals surface area contributed by atoms with Crippen molar-refractivity contribution in [2.24, 2.45) is 0 Å². The van der Waals surface area contributed by atoms with Crippen molar-refractivity contribution in [1.82, 2.24) is 0 Å². The molecule has 0 aliphatic rings. The molecule has 0 fully saturated rings. The van der Waals surface area contributed by atoms with Crippen molar-refractivity contribution in [2.45, 2.75) is 13.5 Å². The topological polar surface area (TPSA) is 12.0 Å². The Bertz CT molecular complexity index is 570. The van der Waals surface area contributed by atoms with Gasteiger partial charge in [0.25, 0.3) is 0 Å². The van der Waals surface area contributed by atoms with E-state index in [1.54, 1.807) is 12.1 Å². The molecule has 2 aromatic carbocycles. The zero-order valence-corrected chi connectivity index (χ0v) is 10.6. The molecule has 0 saturated heterocycles. The molecule has 0 heterocycles. The monoisotopic (exact) mass is 267 g/mol. The van der Waals surface area contributed by atoms with Crippen LogP contribution in [0.2, 0.25) is 5.02 Å². The minimum Gasteiger partial charge on any atom is -0.379 e. The first-order valence-corrected chi connectivity index (χ1v) is 5.88. The van der Waals surface area contributed by atoms with Crippen LogP contribution in [0.15, 0.2) is 36.4 Å². The quantitative estimate of drug-likeness (QED) is 0.861. The maximum Gasteiger partial charge on any atom is 0.146 e. The predicted molar refractivity (Wildman–Crippen MR) is 69.9 cm³/mol. The van der Waals surface area contributed by atoms with Gasteiger partial charge >= 0.3 is 0 Å². The fraction of sp³-hybridized carbons (Fsp3) is 0.143. The zero-order valence-electron chi connectivity index (χ0n) is 9.81. The molecule has 0 bridgehead atoms. The summed E-state index contributed by atoms with van der Waals surface area (Å²) in [6, 6.07) is 9.01. The van der Waals surface area contributed by atoms with E-state index < -0.39 is 0 Å². The van der Waals surface area contributed by atoms with E-state index >= 15 is 0 Å². The van der Waals surface area contributed by atoms with Crippen molar-refractivity contribution < 1.29 is 8.78 Å². The van der Waals surface area contributed by atoms with Crippen LogP contribution in [0.5, 0.6) is 0 Å². The van der Waals surface area contributed by atoms with Crippen LogP contribution < -0.4 is 5.32 Å². The SMILES string of the molecule is Cc1ccc(NCc2cc(F)ccc2Cl)c(F)c1. The normalized spacial score (nSPS) is 10.4. The third-order valence-electron chi connectivity index (χ3n) is 2.60. The van der Waals surface area contributed by atoms with Crippen molar-refractivity contribution in [1.29, 1.82) is 0 Å². The molecule has 0 saturated carbocycles. The largest absolute Gasteiger partial charge is 0.379 e. The highest BCUT2D eigenvalue weighted by atomic mass is 35.5. The third-order valence-corrected chi connectivity index (χ3v) is 2.97. The predicted octanol–water partition coefficient (Wildman–Crippen LogP) is 4.54. The Labute approximate surface area is 109 Å². The Morgan fingerprint density at radius 1 is 1.11 bits per heavy atom. The number of rotatable bonds is 3. The molecule has 2 aromatic rings. The molecule has 4 heteroatoms. The smallest absolute Gasteiger partial charge is 0.146 e. The Kier molecular flexibility index (Phi) is 3.82. The molecule has 0 atom stereocenters. The molecule has 1 nitrogen and oxygen atoms in total. The van der Waals surface area contributed by atoms with Gasteiger partial charge < -0.3 is 5.32 Å². The third kappa shape index (κ3) is 2.99. The summed E-state index contributed by atoms with van der Waals surface area (Å²) in [5.74, 6) is -0.692. The van der Waals surface area contributed by atoms with E-state index in [1.165, 1.54) is 24.3 Å². The highest BCUT2D eigenvalue weighted by Crippen LogP contribution is 2.20. The number of nitrogens with one attached hydrogen (secondary N) is 1. The van der Waals surface area contributed by atoms with Gasteiger partial charge in [0, 0.05) is 11.6 Å². The molecule has 0 amide bonds. The summed E-state index contributed by atoms with van der Waals surface area (Å²) >= 11 is 5.93. The van der Waals surface area contributed by atoms with Crippen molar-refractivity contribution >= 4 is 17.3 Å². The first-order chi connectivity index (χ1) is 8.56. The number of benzene rings is 2. The minimum absolute atomic E-state index is 0.274. The van der Waals surface area contributed by atoms with E-state index in [2.05, 4.69) is 5.32 Å². The van der Waals surface area contributed by atoms with Crippen molar-refractivity contribution in [3.05, 3.63) is 64.2 Å². The Morgan fingerprint density at radius 2 is 1.89 bits per heavy atom. The molecule has 18 heavy (non-hydrogen) atoms. The molecule has 0 unspecified atom stereocenters. The van der Waals surface area contributed by atoms with Gasteiger partial charge in [-0.2, -0.15) is 0 Å². The van der Waals surface area contributed by atoms with Gasteiger partial charge in [0.15, 0.2) is 0 Å². The molecule has 0 aliphatic heterocycles. The van der Waals surface area contributed by atoms with E-state index in [4.69, 9.17) is 11.6 Å². The van der Waals surface area contributed by atoms with Gasteiger partial charge in [-0.15, -0.1) is 0 Å². The lowest BCUT2D eigenvalue weighted by atomic mass is 10.2. The molecule has 0 aliphatic carbocycles. The number of halogens is 3. The van der Waals surface area contributed by atoms with Crippen LogP contribution in [0.3, 0.4) is 0 Å². The van der Waals surface area contributed by atoms with Crippen LogP contribution in [0.25, 0.3) is 0 Å². The Hall–Kier alpha value is -1.61. The van der Waals surface area contributed by atoms with E-state index in [-0.39, 0.29) is 18.2 Å². The lowest BCUT2D eigenvalue weighted by Gasteiger charge is -2.09. The van der Waals surface area contributed by atoms with Gasteiger partial charge in [0.2, 0.25) is 0 Å². The van der Waals surface area contributed by atoms with E-state index in [0.29, 0.717) is 16.3 Å². The van der Waals surface area contributed by atoms with Crippen molar-refractivity contribution in [3.63, 3.8) is 0 Å². The van der Waals surface area contributed by atoms with Gasteiger partial charge in [-0.3, -0.25) is 0 Å². The molecule has 94 valence electrons. The number of hydrogen-bond acceptors (Lipinski definition) is 1. The number of aryl methyl sites for hydroxylation is 1. The summed E-state index contributed by atoms with van der Waals surface area (Å²) in [5, 5.41) is 3.35. The zero-order chi connectivity index (χ0) is 13.1. The Morgan fingerprint density at radius 3 is 2.61 bits per heavy atom. The molecule has 2 rings (SSSR count). The molecular weight excluding hydrogens is 256 g/mol. The standard InChI is InChI=1S/C14H12ClF2N/c1-9-2-5-14(13(17)6-9)18-8-10-7-11(16)3-4-12(10)15/h2-7,18H,8H2,1H3. The second-order valence-corrected chi connectivity index (χ2v) is 4.48. The van der Waals surface area contributed by atoms with Crippen LogP contribution >= 0.6 is 11.6 Å². The van der Waals surface area contributed by atoms with Crippen LogP contribution in [0.1, 0.15) is 11.1 Å². The highest BCUT2D eigenvalue weighted by molar-refractivity contribution is 6.31. The summed E-state index contributed by atoms with van der Waals surface area (Å²) in [6.45, 7) is 2.09. The molecular formula is C14H12ClF2N. The van der Waals surface area contributed by atoms with Gasteiger partial charge in [-0.25, -0.2) is 8.78 Å². The maximum absolute atomic E-state index is 13.6. The average Bonchev–Trinajstić information content (AvgIpc) is 2.32. The van der Waals surface area contributed by atoms with Gasteiger partial charge in [0.1, 0.15) is 11.6 Å². The first-order valence-electron chi connectivity index (χ1n) is 5.50. The molecule has 0 spiro atoms. The number of hydrogen-bond donors (Lipinski definition) is 1. The fourth-order valence-electron chi connectivity index (χ4n) is 1.63. The summed E-state index contributed by atoms with van der Waals surface area (Å²) in [5.41, 5.74) is 1.82. The summed E-state index contributed by atoms with van der Waals surface area (Å²) in [7, 11) is 0. The summed E-state index contributed by atoms with van der Waals surface area (Å²) in [4.78, 5) is 0. The van der Waals surface area contributed by atoms with Crippen LogP contribution in [0, 0.1) is 18.6 Å². The average molecular weight is 268 g/mol. The van der Waals surface area contributed by atoms with Gasteiger partial charge in [-0.1, -0.05) is 17.7 Å². The highest BCUT2D eigenvalue weighted by Gasteiger charge is 2.05. The molecule has 0 aromatic heterocycles. The Balaban J connectivity index is 2.13. The van der Waals surface area contributed by atoms with Crippen LogP contribution in [-0.2, 0) is 6.54 Å². The van der Waals surface area contributed by atoms with Crippen molar-refractivity contribution in [2.75, 3.05) is 5.32 Å². The fourth-order valence-corrected chi connectivity index (χ4v) is 1.82. The lowest BCUT2D eigenvalue weighted by molar-refractivity contribution is 0.624. The number of anilines is 1. The van der Waals surface area contributed by atoms with E-state index in [9.17, 15) is 8.78 Å². The second-order valence-electron chi connectivity index (χ2n) is 4.07. The first kappa shape index (κ1) is 12.8.